The largest absolute Gasteiger partial charge is 0.233 e. The number of aromatic nitrogens is 2. The summed E-state index contributed by atoms with van der Waals surface area (Å²) in [7, 11) is 0. The van der Waals surface area contributed by atoms with Crippen LogP contribution in [0.4, 0.5) is 0 Å². The molecule has 0 spiro atoms. The summed E-state index contributed by atoms with van der Waals surface area (Å²) in [6, 6.07) is 80.7. The molecule has 10 rings (SSSR count). The molecule has 316 valence electrons. The molecule has 5 heteroatoms. The van der Waals surface area contributed by atoms with E-state index in [1.54, 1.807) is 0 Å². The molecule has 10 aromatic rings. The lowest BCUT2D eigenvalue weighted by molar-refractivity contribution is 1.18. The van der Waals surface area contributed by atoms with Gasteiger partial charge in [-0.2, -0.15) is 5.26 Å². The minimum atomic E-state index is 0.542. The van der Waals surface area contributed by atoms with Gasteiger partial charge in [-0.15, -0.1) is 0 Å². The van der Waals surface area contributed by atoms with E-state index >= 15 is 0 Å². The van der Waals surface area contributed by atoms with Gasteiger partial charge in [0.2, 0.25) is 0 Å². The Morgan fingerprint density at radius 2 is 0.985 bits per heavy atom. The first kappa shape index (κ1) is 41.9. The zero-order chi connectivity index (χ0) is 45.5. The molecule has 0 bridgehead atoms. The highest BCUT2D eigenvalue weighted by atomic mass is 14.9. The first-order valence-corrected chi connectivity index (χ1v) is 22.2. The molecule has 67 heavy (non-hydrogen) atoms. The van der Waals surface area contributed by atoms with Crippen molar-refractivity contribution in [1.82, 2.24) is 9.97 Å². The van der Waals surface area contributed by atoms with Crippen LogP contribution in [-0.2, 0) is 0 Å². The van der Waals surface area contributed by atoms with Crippen LogP contribution in [0, 0.1) is 11.3 Å². The average molecular weight is 858 g/mol. The Balaban J connectivity index is 1.06. The molecule has 0 atom stereocenters. The third-order valence-electron chi connectivity index (χ3n) is 11.9. The van der Waals surface area contributed by atoms with E-state index < -0.39 is 0 Å². The fraction of sp³-hybridized carbons (Fsp3) is 0.0161. The molecule has 0 saturated heterocycles. The predicted molar refractivity (Wildman–Crippen MR) is 278 cm³/mol. The smallest absolute Gasteiger partial charge is 0.160 e. The van der Waals surface area contributed by atoms with Crippen molar-refractivity contribution in [2.45, 2.75) is 6.92 Å². The highest BCUT2D eigenvalue weighted by molar-refractivity contribution is 6.13. The zero-order valence-corrected chi connectivity index (χ0v) is 36.9. The molecular formula is C62H43N5. The van der Waals surface area contributed by atoms with Crippen LogP contribution in [0.5, 0.6) is 0 Å². The third-order valence-corrected chi connectivity index (χ3v) is 11.9. The van der Waals surface area contributed by atoms with Crippen molar-refractivity contribution < 1.29 is 0 Å². The number of hydrogen-bond acceptors (Lipinski definition) is 4. The first-order valence-electron chi connectivity index (χ1n) is 22.2. The van der Waals surface area contributed by atoms with Crippen LogP contribution in [-0.4, -0.2) is 21.5 Å². The molecule has 9 aromatic carbocycles. The van der Waals surface area contributed by atoms with Gasteiger partial charge in [0.15, 0.2) is 11.7 Å². The normalized spacial score (nSPS) is 11.6. The summed E-state index contributed by atoms with van der Waals surface area (Å²) in [5, 5.41) is 11.8. The monoisotopic (exact) mass is 857 g/mol. The molecular weight excluding hydrogens is 815 g/mol. The number of nitrogens with zero attached hydrogens (tertiary/aromatic N) is 5. The molecule has 0 aliphatic carbocycles. The van der Waals surface area contributed by atoms with Crippen molar-refractivity contribution >= 4 is 28.0 Å². The van der Waals surface area contributed by atoms with Crippen molar-refractivity contribution in [2.24, 2.45) is 9.98 Å². The molecule has 0 aliphatic rings. The molecule has 1 heterocycles. The summed E-state index contributed by atoms with van der Waals surface area (Å²) in [5.74, 6) is 1.21. The number of nitriles is 1. The van der Waals surface area contributed by atoms with E-state index in [0.29, 0.717) is 22.9 Å². The lowest BCUT2D eigenvalue weighted by Crippen LogP contribution is -2.05. The van der Waals surface area contributed by atoms with Crippen LogP contribution in [0.25, 0.3) is 83.8 Å². The van der Waals surface area contributed by atoms with Crippen LogP contribution in [0.15, 0.2) is 247 Å². The molecule has 0 radical (unpaired) electrons. The van der Waals surface area contributed by atoms with Gasteiger partial charge >= 0.3 is 0 Å². The van der Waals surface area contributed by atoms with Crippen molar-refractivity contribution in [1.29, 1.82) is 5.26 Å². The van der Waals surface area contributed by atoms with E-state index in [1.165, 1.54) is 0 Å². The van der Waals surface area contributed by atoms with Gasteiger partial charge in [-0.1, -0.05) is 213 Å². The maximum absolute atomic E-state index is 9.85. The van der Waals surface area contributed by atoms with Crippen molar-refractivity contribution in [3.05, 3.63) is 259 Å². The maximum atomic E-state index is 9.85. The minimum absolute atomic E-state index is 0.542. The van der Waals surface area contributed by atoms with Gasteiger partial charge in [-0.3, -0.25) is 0 Å². The van der Waals surface area contributed by atoms with Gasteiger partial charge in [-0.25, -0.2) is 20.0 Å². The number of aliphatic imine (C=N–C) groups is 2. The minimum Gasteiger partial charge on any atom is -0.233 e. The molecule has 0 aliphatic heterocycles. The Labute approximate surface area is 391 Å². The van der Waals surface area contributed by atoms with Gasteiger partial charge in [0, 0.05) is 33.4 Å². The van der Waals surface area contributed by atoms with Gasteiger partial charge in [-0.05, 0) is 81.1 Å². The predicted octanol–water partition coefficient (Wildman–Crippen LogP) is 15.4. The Bertz CT molecular complexity index is 3460. The Morgan fingerprint density at radius 3 is 1.69 bits per heavy atom. The fourth-order valence-corrected chi connectivity index (χ4v) is 8.44. The van der Waals surface area contributed by atoms with Gasteiger partial charge in [0.1, 0.15) is 0 Å². The van der Waals surface area contributed by atoms with Crippen LogP contribution in [0.3, 0.4) is 0 Å². The van der Waals surface area contributed by atoms with E-state index in [9.17, 15) is 5.26 Å². The third kappa shape index (κ3) is 9.01. The molecule has 5 nitrogen and oxygen atoms in total. The van der Waals surface area contributed by atoms with Crippen molar-refractivity contribution in [2.75, 3.05) is 0 Å². The molecule has 0 fully saturated rings. The highest BCUT2D eigenvalue weighted by Gasteiger charge is 2.17. The van der Waals surface area contributed by atoms with E-state index in [1.807, 2.05) is 122 Å². The number of amidine groups is 1. The maximum Gasteiger partial charge on any atom is 0.160 e. The Hall–Kier alpha value is -9.11. The SMILES string of the molecule is C=C(N=C(N=C(C)c1ccc(-c2cc(-c3ccccc3)ccc2-c2cc(-c3ccccc3)nc(-c3ccccc3)n2)cc1)c1cccc(-c2ccc(C#N)c3ccccc23)c1)c1ccccc1. The number of fused-ring (bicyclic) bond motifs is 1. The highest BCUT2D eigenvalue weighted by Crippen LogP contribution is 2.38. The molecule has 0 N–H and O–H groups in total. The lowest BCUT2D eigenvalue weighted by atomic mass is 9.92. The van der Waals surface area contributed by atoms with E-state index in [0.717, 1.165) is 94.6 Å². The molecule has 0 unspecified atom stereocenters. The van der Waals surface area contributed by atoms with Crippen LogP contribution in [0.1, 0.15) is 29.2 Å². The second-order valence-corrected chi connectivity index (χ2v) is 16.2. The van der Waals surface area contributed by atoms with Crippen LogP contribution >= 0.6 is 0 Å². The van der Waals surface area contributed by atoms with Gasteiger partial charge in [0.05, 0.1) is 28.7 Å². The number of benzene rings is 9. The van der Waals surface area contributed by atoms with Gasteiger partial charge < -0.3 is 0 Å². The summed E-state index contributed by atoms with van der Waals surface area (Å²) in [6.07, 6.45) is 0. The topological polar surface area (TPSA) is 74.3 Å². The number of hydrogen-bond donors (Lipinski definition) is 0. The summed E-state index contributed by atoms with van der Waals surface area (Å²) < 4.78 is 0. The summed E-state index contributed by atoms with van der Waals surface area (Å²) in [6.45, 7) is 6.39. The number of rotatable bonds is 10. The van der Waals surface area contributed by atoms with E-state index in [2.05, 4.69) is 128 Å². The second-order valence-electron chi connectivity index (χ2n) is 16.2. The van der Waals surface area contributed by atoms with Crippen molar-refractivity contribution in [3.8, 4) is 73.4 Å². The van der Waals surface area contributed by atoms with Crippen LogP contribution < -0.4 is 0 Å². The quantitative estimate of drug-likeness (QED) is 0.102. The van der Waals surface area contributed by atoms with E-state index in [4.69, 9.17) is 20.0 Å². The first-order chi connectivity index (χ1) is 33.0. The summed E-state index contributed by atoms with van der Waals surface area (Å²) in [5.41, 5.74) is 15.8. The molecule has 1 aromatic heterocycles. The van der Waals surface area contributed by atoms with Crippen molar-refractivity contribution in [3.63, 3.8) is 0 Å². The fourth-order valence-electron chi connectivity index (χ4n) is 8.44. The zero-order valence-electron chi connectivity index (χ0n) is 36.9. The van der Waals surface area contributed by atoms with E-state index in [-0.39, 0.29) is 0 Å². The average Bonchev–Trinajstić information content (AvgIpc) is 3.41. The van der Waals surface area contributed by atoms with Gasteiger partial charge in [0.25, 0.3) is 0 Å². The lowest BCUT2D eigenvalue weighted by Gasteiger charge is -2.15. The Morgan fingerprint density at radius 1 is 0.418 bits per heavy atom. The second kappa shape index (κ2) is 18.9. The Kier molecular flexibility index (Phi) is 11.8. The standard InChI is InChI=1S/C62H43N5/c1-42(44-18-7-3-8-19-44)64-62(52-27-17-26-51(38-52)55-36-35-53(41-63)54-28-15-16-29-56(54)55)65-43(2)45-30-32-47(33-31-45)58-39-50(46-20-9-4-10-21-46)34-37-57(58)60-40-59(48-22-11-5-12-23-48)66-61(67-60)49-24-13-6-14-25-49/h3-40H,1H2,2H3. The molecule has 0 amide bonds. The van der Waals surface area contributed by atoms with Crippen LogP contribution in [0.2, 0.25) is 0 Å². The molecule has 0 saturated carbocycles. The summed E-state index contributed by atoms with van der Waals surface area (Å²) in [4.78, 5) is 20.6. The summed E-state index contributed by atoms with van der Waals surface area (Å²) >= 11 is 0.